The molecule has 1 atom stereocenters. The molecular formula is C22H27FN2O2. The molecule has 0 saturated carbocycles. The lowest BCUT2D eigenvalue weighted by molar-refractivity contribution is -0.140. The first kappa shape index (κ1) is 20.6. The summed E-state index contributed by atoms with van der Waals surface area (Å²) >= 11 is 0. The quantitative estimate of drug-likeness (QED) is 0.843. The predicted molar refractivity (Wildman–Crippen MR) is 104 cm³/mol. The van der Waals surface area contributed by atoms with Gasteiger partial charge in [0.25, 0.3) is 0 Å². The molecule has 0 radical (unpaired) electrons. The predicted octanol–water partition coefficient (Wildman–Crippen LogP) is 3.70. The van der Waals surface area contributed by atoms with Crippen molar-refractivity contribution in [3.05, 3.63) is 71.5 Å². The fourth-order valence-corrected chi connectivity index (χ4v) is 2.72. The molecule has 0 fully saturated rings. The van der Waals surface area contributed by atoms with Gasteiger partial charge in [-0.15, -0.1) is 0 Å². The van der Waals surface area contributed by atoms with Crippen molar-refractivity contribution in [2.45, 2.75) is 52.2 Å². The third-order valence-electron chi connectivity index (χ3n) is 4.13. The fraction of sp³-hybridized carbons (Fsp3) is 0.364. The number of benzene rings is 2. The third-order valence-corrected chi connectivity index (χ3v) is 4.13. The zero-order valence-corrected chi connectivity index (χ0v) is 16.3. The standard InChI is InChI=1S/C22H27FN2O2/c1-16(21(27)24-22(2,3)4)25(15-18-10-12-19(23)13-11-18)20(26)14-17-8-6-5-7-9-17/h5-13,16H,14-15H2,1-4H3,(H,24,27)/t16-/m0/s1. The number of nitrogens with one attached hydrogen (secondary N) is 1. The van der Waals surface area contributed by atoms with Crippen LogP contribution in [0.1, 0.15) is 38.8 Å². The highest BCUT2D eigenvalue weighted by Crippen LogP contribution is 2.14. The van der Waals surface area contributed by atoms with Gasteiger partial charge in [-0.25, -0.2) is 4.39 Å². The van der Waals surface area contributed by atoms with Crippen molar-refractivity contribution in [1.29, 1.82) is 0 Å². The molecule has 0 bridgehead atoms. The maximum atomic E-state index is 13.2. The number of carbonyl (C=O) groups is 2. The molecule has 0 aliphatic heterocycles. The minimum absolute atomic E-state index is 0.151. The Morgan fingerprint density at radius 2 is 1.59 bits per heavy atom. The summed E-state index contributed by atoms with van der Waals surface area (Å²) in [5.74, 6) is -0.701. The van der Waals surface area contributed by atoms with Gasteiger partial charge in [-0.2, -0.15) is 0 Å². The van der Waals surface area contributed by atoms with Crippen LogP contribution in [0.25, 0.3) is 0 Å². The molecule has 0 aliphatic carbocycles. The van der Waals surface area contributed by atoms with Gasteiger partial charge in [0, 0.05) is 12.1 Å². The molecule has 0 unspecified atom stereocenters. The van der Waals surface area contributed by atoms with E-state index in [1.54, 1.807) is 24.0 Å². The van der Waals surface area contributed by atoms with Crippen LogP contribution < -0.4 is 5.32 Å². The normalized spacial score (nSPS) is 12.3. The SMILES string of the molecule is C[C@@H](C(=O)NC(C)(C)C)N(Cc1ccc(F)cc1)C(=O)Cc1ccccc1. The van der Waals surface area contributed by atoms with Crippen molar-refractivity contribution in [1.82, 2.24) is 10.2 Å². The number of hydrogen-bond donors (Lipinski definition) is 1. The summed E-state index contributed by atoms with van der Waals surface area (Å²) in [5, 5.41) is 2.92. The average Bonchev–Trinajstić information content (AvgIpc) is 2.60. The molecule has 0 spiro atoms. The summed E-state index contributed by atoms with van der Waals surface area (Å²) in [4.78, 5) is 27.1. The van der Waals surface area contributed by atoms with Crippen LogP contribution in [0.15, 0.2) is 54.6 Å². The summed E-state index contributed by atoms with van der Waals surface area (Å²) in [6.45, 7) is 7.65. The summed E-state index contributed by atoms with van der Waals surface area (Å²) < 4.78 is 13.2. The molecule has 2 amide bonds. The molecule has 4 nitrogen and oxygen atoms in total. The third kappa shape index (κ3) is 6.51. The molecule has 0 aliphatic rings. The van der Waals surface area contributed by atoms with E-state index in [1.807, 2.05) is 51.1 Å². The highest BCUT2D eigenvalue weighted by atomic mass is 19.1. The van der Waals surface area contributed by atoms with E-state index in [9.17, 15) is 14.0 Å². The highest BCUT2D eigenvalue weighted by Gasteiger charge is 2.28. The minimum Gasteiger partial charge on any atom is -0.350 e. The molecule has 0 saturated heterocycles. The van der Waals surface area contributed by atoms with Crippen LogP contribution in [0.3, 0.4) is 0 Å². The minimum atomic E-state index is -0.648. The second-order valence-electron chi connectivity index (χ2n) is 7.73. The van der Waals surface area contributed by atoms with Crippen molar-refractivity contribution in [2.75, 3.05) is 0 Å². The van der Waals surface area contributed by atoms with E-state index in [0.717, 1.165) is 11.1 Å². The maximum absolute atomic E-state index is 13.2. The van der Waals surface area contributed by atoms with E-state index in [-0.39, 0.29) is 30.6 Å². The number of amides is 2. The Kier molecular flexibility index (Phi) is 6.72. The van der Waals surface area contributed by atoms with Crippen molar-refractivity contribution in [2.24, 2.45) is 0 Å². The van der Waals surface area contributed by atoms with Gasteiger partial charge >= 0.3 is 0 Å². The van der Waals surface area contributed by atoms with E-state index in [0.29, 0.717) is 0 Å². The zero-order valence-electron chi connectivity index (χ0n) is 16.3. The number of rotatable bonds is 6. The van der Waals surface area contributed by atoms with Crippen molar-refractivity contribution in [3.63, 3.8) is 0 Å². The maximum Gasteiger partial charge on any atom is 0.242 e. The van der Waals surface area contributed by atoms with Crippen LogP contribution in [-0.4, -0.2) is 28.3 Å². The summed E-state index contributed by atoms with van der Waals surface area (Å²) in [6, 6.07) is 14.7. The molecule has 2 aromatic carbocycles. The first-order chi connectivity index (χ1) is 12.7. The lowest BCUT2D eigenvalue weighted by Crippen LogP contribution is -2.52. The van der Waals surface area contributed by atoms with E-state index in [1.165, 1.54) is 12.1 Å². The number of hydrogen-bond acceptors (Lipinski definition) is 2. The molecule has 0 heterocycles. The highest BCUT2D eigenvalue weighted by molar-refractivity contribution is 5.88. The van der Waals surface area contributed by atoms with Crippen LogP contribution in [0.4, 0.5) is 4.39 Å². The van der Waals surface area contributed by atoms with E-state index < -0.39 is 11.6 Å². The number of halogens is 1. The van der Waals surface area contributed by atoms with Gasteiger partial charge in [-0.1, -0.05) is 42.5 Å². The van der Waals surface area contributed by atoms with Gasteiger partial charge in [-0.3, -0.25) is 9.59 Å². The topological polar surface area (TPSA) is 49.4 Å². The van der Waals surface area contributed by atoms with E-state index in [2.05, 4.69) is 5.32 Å². The van der Waals surface area contributed by atoms with Gasteiger partial charge in [-0.05, 0) is 51.0 Å². The van der Waals surface area contributed by atoms with Crippen molar-refractivity contribution < 1.29 is 14.0 Å². The Hall–Kier alpha value is -2.69. The summed E-state index contributed by atoms with van der Waals surface area (Å²) in [7, 11) is 0. The molecule has 144 valence electrons. The second kappa shape index (κ2) is 8.80. The Bertz CT molecular complexity index is 767. The average molecular weight is 370 g/mol. The molecule has 0 aromatic heterocycles. The molecule has 2 aromatic rings. The first-order valence-corrected chi connectivity index (χ1v) is 9.05. The molecule has 2 rings (SSSR count). The molecular weight excluding hydrogens is 343 g/mol. The lowest BCUT2D eigenvalue weighted by Gasteiger charge is -2.31. The lowest BCUT2D eigenvalue weighted by atomic mass is 10.1. The smallest absolute Gasteiger partial charge is 0.242 e. The Balaban J connectivity index is 2.22. The van der Waals surface area contributed by atoms with Crippen molar-refractivity contribution >= 4 is 11.8 Å². The second-order valence-corrected chi connectivity index (χ2v) is 7.73. The summed E-state index contributed by atoms with van der Waals surface area (Å²) in [6.07, 6.45) is 0.204. The van der Waals surface area contributed by atoms with Crippen LogP contribution in [0, 0.1) is 5.82 Å². The largest absolute Gasteiger partial charge is 0.350 e. The molecule has 5 heteroatoms. The Morgan fingerprint density at radius 3 is 2.15 bits per heavy atom. The number of nitrogens with zero attached hydrogens (tertiary/aromatic N) is 1. The van der Waals surface area contributed by atoms with Crippen LogP contribution in [0.2, 0.25) is 0 Å². The van der Waals surface area contributed by atoms with Crippen molar-refractivity contribution in [3.8, 4) is 0 Å². The van der Waals surface area contributed by atoms with E-state index in [4.69, 9.17) is 0 Å². The monoisotopic (exact) mass is 370 g/mol. The fourth-order valence-electron chi connectivity index (χ4n) is 2.72. The zero-order chi connectivity index (χ0) is 20.0. The van der Waals surface area contributed by atoms with Crippen LogP contribution in [0.5, 0.6) is 0 Å². The Morgan fingerprint density at radius 1 is 1.00 bits per heavy atom. The van der Waals surface area contributed by atoms with Gasteiger partial charge in [0.15, 0.2) is 0 Å². The molecule has 27 heavy (non-hydrogen) atoms. The molecule has 1 N–H and O–H groups in total. The summed E-state index contributed by atoms with van der Waals surface area (Å²) in [5.41, 5.74) is 1.26. The van der Waals surface area contributed by atoms with Gasteiger partial charge in [0.05, 0.1) is 6.42 Å². The van der Waals surface area contributed by atoms with Gasteiger partial charge in [0.2, 0.25) is 11.8 Å². The van der Waals surface area contributed by atoms with E-state index >= 15 is 0 Å². The Labute approximate surface area is 160 Å². The van der Waals surface area contributed by atoms with Gasteiger partial charge < -0.3 is 10.2 Å². The first-order valence-electron chi connectivity index (χ1n) is 9.05. The van der Waals surface area contributed by atoms with Crippen LogP contribution in [-0.2, 0) is 22.6 Å². The number of carbonyl (C=O) groups excluding carboxylic acids is 2. The van der Waals surface area contributed by atoms with Crippen LogP contribution >= 0.6 is 0 Å². The van der Waals surface area contributed by atoms with Gasteiger partial charge in [0.1, 0.15) is 11.9 Å².